The number of rotatable bonds is 1. The molecule has 0 aliphatic heterocycles. The molecule has 78 valence electrons. The summed E-state index contributed by atoms with van der Waals surface area (Å²) in [6, 6.07) is 0. The molecule has 1 heterocycles. The number of hydrogen-bond acceptors (Lipinski definition) is 8. The van der Waals surface area contributed by atoms with Gasteiger partial charge in [0, 0.05) is 4.57 Å². The zero-order valence-corrected chi connectivity index (χ0v) is 8.18. The van der Waals surface area contributed by atoms with Crippen LogP contribution in [0.2, 0.25) is 0 Å². The summed E-state index contributed by atoms with van der Waals surface area (Å²) in [5.74, 6) is 0.125. The zero-order chi connectivity index (χ0) is 11.1. The van der Waals surface area contributed by atoms with Crippen LogP contribution in [-0.2, 0) is 9.09 Å². The van der Waals surface area contributed by atoms with Crippen LogP contribution in [0.3, 0.4) is 0 Å². The predicted molar refractivity (Wildman–Crippen MR) is 49.9 cm³/mol. The average Bonchev–Trinajstić information content (AvgIpc) is 2.02. The van der Waals surface area contributed by atoms with Gasteiger partial charge in [-0.05, 0) is 0 Å². The van der Waals surface area contributed by atoms with E-state index >= 15 is 0 Å². The van der Waals surface area contributed by atoms with Crippen molar-refractivity contribution < 1.29 is 14.0 Å². The Balaban J connectivity index is 0.000000292. The lowest BCUT2D eigenvalue weighted by Gasteiger charge is -1.93. The highest BCUT2D eigenvalue weighted by molar-refractivity contribution is 7.32. The minimum atomic E-state index is -2.35. The molecule has 0 spiro atoms. The summed E-state index contributed by atoms with van der Waals surface area (Å²) in [6.07, 6.45) is 0. The summed E-state index contributed by atoms with van der Waals surface area (Å²) in [7, 11) is -1.18. The Labute approximate surface area is 80.3 Å². The van der Waals surface area contributed by atoms with Gasteiger partial charge in [-0.2, -0.15) is 15.0 Å². The van der Waals surface area contributed by atoms with Crippen LogP contribution in [-0.4, -0.2) is 27.0 Å². The molecule has 0 aromatic carbocycles. The van der Waals surface area contributed by atoms with E-state index in [0.717, 1.165) is 0 Å². The molecule has 14 heavy (non-hydrogen) atoms. The molecule has 9 nitrogen and oxygen atoms in total. The summed E-state index contributed by atoms with van der Waals surface area (Å²) in [5.41, 5.74) is 15.4. The Hall–Kier alpha value is -1.57. The first kappa shape index (κ1) is 12.4. The van der Waals surface area contributed by atoms with Crippen LogP contribution in [0.25, 0.3) is 0 Å². The lowest BCUT2D eigenvalue weighted by Crippen LogP contribution is -2.05. The number of aromatic nitrogens is 3. The van der Waals surface area contributed by atoms with Crippen molar-refractivity contribution in [1.29, 1.82) is 0 Å². The van der Waals surface area contributed by atoms with Gasteiger partial charge in [0.15, 0.2) is 0 Å². The quantitative estimate of drug-likeness (QED) is 0.430. The van der Waals surface area contributed by atoms with E-state index < -0.39 is 8.25 Å². The summed E-state index contributed by atoms with van der Waals surface area (Å²) in [5, 5.41) is 0. The van der Waals surface area contributed by atoms with Crippen molar-refractivity contribution in [2.75, 3.05) is 24.3 Å². The van der Waals surface area contributed by atoms with Gasteiger partial charge in [0.05, 0.1) is 7.11 Å². The monoisotopic (exact) mass is 221 g/mol. The van der Waals surface area contributed by atoms with Crippen LogP contribution >= 0.6 is 8.25 Å². The number of nitrogens with two attached hydrogens (primary N) is 3. The molecule has 0 aliphatic rings. The second-order valence-electron chi connectivity index (χ2n) is 1.83. The maximum atomic E-state index is 9.29. The van der Waals surface area contributed by atoms with E-state index in [2.05, 4.69) is 19.5 Å². The number of nitrogen functional groups attached to an aromatic ring is 3. The number of nitrogens with zero attached hydrogens (tertiary/aromatic N) is 3. The maximum Gasteiger partial charge on any atom is 0.694 e. The second kappa shape index (κ2) is 5.97. The van der Waals surface area contributed by atoms with Crippen LogP contribution in [0.1, 0.15) is 0 Å². The highest BCUT2D eigenvalue weighted by Crippen LogP contribution is 2.09. The fraction of sp³-hybridized carbons (Fsp3) is 0.250. The van der Waals surface area contributed by atoms with Gasteiger partial charge in [-0.15, -0.1) is 9.42 Å². The van der Waals surface area contributed by atoms with Gasteiger partial charge in [0.1, 0.15) is 0 Å². The standard InChI is InChI=1S/C3H6N6.CH3O3P/c4-1-7-2(5)9-3(6)8-1;1-4-5(2)3/h(H6,4,5,6,7,8,9);1H3/p+1. The Morgan fingerprint density at radius 3 is 1.50 bits per heavy atom. The van der Waals surface area contributed by atoms with Crippen molar-refractivity contribution in [2.24, 2.45) is 0 Å². The van der Waals surface area contributed by atoms with Gasteiger partial charge < -0.3 is 17.2 Å². The summed E-state index contributed by atoms with van der Waals surface area (Å²) >= 11 is 0. The Morgan fingerprint density at radius 1 is 1.14 bits per heavy atom. The second-order valence-corrected chi connectivity index (χ2v) is 2.67. The van der Waals surface area contributed by atoms with Gasteiger partial charge in [-0.3, -0.25) is 0 Å². The van der Waals surface area contributed by atoms with E-state index in [-0.39, 0.29) is 17.8 Å². The Kier molecular flexibility index (Phi) is 5.30. The highest BCUT2D eigenvalue weighted by Gasteiger charge is 2.02. The van der Waals surface area contributed by atoms with Crippen molar-refractivity contribution in [3.05, 3.63) is 0 Å². The normalized spacial score (nSPS) is 10.0. The van der Waals surface area contributed by atoms with Gasteiger partial charge in [-0.25, -0.2) is 0 Å². The molecule has 1 aromatic heterocycles. The first-order valence-electron chi connectivity index (χ1n) is 3.18. The topological polar surface area (TPSA) is 163 Å². The van der Waals surface area contributed by atoms with Crippen LogP contribution in [0.5, 0.6) is 0 Å². The van der Waals surface area contributed by atoms with Gasteiger partial charge in [-0.1, -0.05) is 0 Å². The number of hydrogen-bond donors (Lipinski definition) is 4. The van der Waals surface area contributed by atoms with E-state index in [9.17, 15) is 4.57 Å². The molecule has 10 heteroatoms. The molecule has 1 unspecified atom stereocenters. The number of anilines is 3. The highest BCUT2D eigenvalue weighted by atomic mass is 31.1. The molecule has 7 N–H and O–H groups in total. The molecule has 0 aliphatic carbocycles. The molecule has 1 rings (SSSR count). The van der Waals surface area contributed by atoms with Gasteiger partial charge >= 0.3 is 8.25 Å². The van der Waals surface area contributed by atoms with Crippen molar-refractivity contribution in [2.45, 2.75) is 0 Å². The summed E-state index contributed by atoms with van der Waals surface area (Å²) in [6.45, 7) is 0. The van der Waals surface area contributed by atoms with Crippen LogP contribution < -0.4 is 17.2 Å². The first-order valence-corrected chi connectivity index (χ1v) is 4.31. The van der Waals surface area contributed by atoms with E-state index in [0.29, 0.717) is 0 Å². The minimum absolute atomic E-state index is 0.0417. The smallest absolute Gasteiger partial charge is 0.368 e. The summed E-state index contributed by atoms with van der Waals surface area (Å²) in [4.78, 5) is 18.1. The average molecular weight is 221 g/mol. The van der Waals surface area contributed by atoms with Crippen molar-refractivity contribution in [3.8, 4) is 0 Å². The van der Waals surface area contributed by atoms with Gasteiger partial charge in [0.2, 0.25) is 17.8 Å². The van der Waals surface area contributed by atoms with E-state index in [1.807, 2.05) is 0 Å². The fourth-order valence-corrected chi connectivity index (χ4v) is 0.427. The predicted octanol–water partition coefficient (Wildman–Crippen LogP) is -1.10. The SMILES string of the molecule is CO[P+](=O)O.Nc1nc(N)nc(N)n1. The van der Waals surface area contributed by atoms with E-state index in [1.54, 1.807) is 0 Å². The zero-order valence-electron chi connectivity index (χ0n) is 7.28. The molecule has 0 saturated heterocycles. The lowest BCUT2D eigenvalue weighted by atomic mass is 10.9. The van der Waals surface area contributed by atoms with Crippen LogP contribution in [0, 0.1) is 0 Å². The third-order valence-corrected chi connectivity index (χ3v) is 1.16. The van der Waals surface area contributed by atoms with Crippen molar-refractivity contribution in [1.82, 2.24) is 15.0 Å². The van der Waals surface area contributed by atoms with Crippen LogP contribution in [0.4, 0.5) is 17.8 Å². The molecule has 0 radical (unpaired) electrons. The van der Waals surface area contributed by atoms with Crippen LogP contribution in [0.15, 0.2) is 0 Å². The van der Waals surface area contributed by atoms with Crippen molar-refractivity contribution in [3.63, 3.8) is 0 Å². The molecular formula is C4H10N6O3P+. The van der Waals surface area contributed by atoms with Crippen molar-refractivity contribution >= 4 is 26.1 Å². The molecule has 0 bridgehead atoms. The molecule has 0 fully saturated rings. The fourth-order valence-electron chi connectivity index (χ4n) is 0.427. The third-order valence-electron chi connectivity index (χ3n) is 0.843. The molecule has 1 aromatic rings. The Morgan fingerprint density at radius 2 is 1.36 bits per heavy atom. The summed E-state index contributed by atoms with van der Waals surface area (Å²) < 4.78 is 13.1. The van der Waals surface area contributed by atoms with Gasteiger partial charge in [0.25, 0.3) is 0 Å². The third kappa shape index (κ3) is 6.00. The first-order chi connectivity index (χ1) is 6.45. The molecule has 0 amide bonds. The lowest BCUT2D eigenvalue weighted by molar-refractivity contribution is 0.343. The minimum Gasteiger partial charge on any atom is -0.368 e. The molecule has 0 saturated carbocycles. The molecular weight excluding hydrogens is 211 g/mol. The van der Waals surface area contributed by atoms with E-state index in [4.69, 9.17) is 22.1 Å². The van der Waals surface area contributed by atoms with E-state index in [1.165, 1.54) is 7.11 Å². The maximum absolute atomic E-state index is 9.29. The largest absolute Gasteiger partial charge is 0.694 e. The molecule has 1 atom stereocenters. The Bertz CT molecular complexity index is 269.